The first-order chi connectivity index (χ1) is 13.8. The van der Waals surface area contributed by atoms with E-state index in [0.717, 1.165) is 4.57 Å². The molecule has 0 aliphatic carbocycles. The molecule has 4 rings (SSSR count). The molecule has 1 aliphatic heterocycles. The van der Waals surface area contributed by atoms with Gasteiger partial charge in [-0.05, 0) is 12.1 Å². The lowest BCUT2D eigenvalue weighted by atomic mass is 10.1. The highest BCUT2D eigenvalue weighted by molar-refractivity contribution is 5.97. The van der Waals surface area contributed by atoms with Gasteiger partial charge in [0.1, 0.15) is 12.3 Å². The predicted octanol–water partition coefficient (Wildman–Crippen LogP) is -1.29. The van der Waals surface area contributed by atoms with E-state index in [0.29, 0.717) is 11.4 Å². The SMILES string of the molecule is Cn1c(=O)c2c(ncn2CC(=O)N2C[C@@H](C(N)=O)Oc3ccccc32)n(C)c1=O. The van der Waals surface area contributed by atoms with Crippen molar-refractivity contribution >= 4 is 28.7 Å². The van der Waals surface area contributed by atoms with Crippen LogP contribution in [0, 0.1) is 0 Å². The molecule has 11 nitrogen and oxygen atoms in total. The van der Waals surface area contributed by atoms with Gasteiger partial charge < -0.3 is 19.9 Å². The molecule has 150 valence electrons. The summed E-state index contributed by atoms with van der Waals surface area (Å²) in [6.45, 7) is -0.266. The maximum Gasteiger partial charge on any atom is 0.332 e. The van der Waals surface area contributed by atoms with Crippen molar-refractivity contribution in [3.63, 3.8) is 0 Å². The van der Waals surface area contributed by atoms with Crippen LogP contribution in [0.1, 0.15) is 0 Å². The van der Waals surface area contributed by atoms with Crippen LogP contribution in [0.15, 0.2) is 40.2 Å². The molecule has 0 bridgehead atoms. The molecule has 0 spiro atoms. The third-order valence-corrected chi connectivity index (χ3v) is 4.91. The average Bonchev–Trinajstić information content (AvgIpc) is 3.13. The number of ether oxygens (including phenoxy) is 1. The third kappa shape index (κ3) is 2.87. The van der Waals surface area contributed by atoms with Gasteiger partial charge in [0.15, 0.2) is 17.3 Å². The van der Waals surface area contributed by atoms with Crippen LogP contribution >= 0.6 is 0 Å². The molecule has 0 unspecified atom stereocenters. The molecule has 0 saturated carbocycles. The fourth-order valence-electron chi connectivity index (χ4n) is 3.37. The first-order valence-electron chi connectivity index (χ1n) is 8.75. The molecule has 29 heavy (non-hydrogen) atoms. The molecule has 2 amide bonds. The zero-order valence-electron chi connectivity index (χ0n) is 15.7. The largest absolute Gasteiger partial charge is 0.477 e. The highest BCUT2D eigenvalue weighted by Crippen LogP contribution is 2.33. The number of aryl methyl sites for hydroxylation is 1. The molecule has 0 fully saturated rings. The highest BCUT2D eigenvalue weighted by atomic mass is 16.5. The molecular weight excluding hydrogens is 380 g/mol. The Kier molecular flexibility index (Phi) is 4.22. The lowest BCUT2D eigenvalue weighted by molar-refractivity contribution is -0.125. The second-order valence-electron chi connectivity index (χ2n) is 6.73. The van der Waals surface area contributed by atoms with Crippen LogP contribution in [-0.2, 0) is 30.2 Å². The number of rotatable bonds is 3. The number of nitrogens with two attached hydrogens (primary N) is 1. The highest BCUT2D eigenvalue weighted by Gasteiger charge is 2.33. The van der Waals surface area contributed by atoms with Crippen molar-refractivity contribution in [2.45, 2.75) is 12.6 Å². The Morgan fingerprint density at radius 1 is 1.21 bits per heavy atom. The van der Waals surface area contributed by atoms with Gasteiger partial charge in [0.2, 0.25) is 5.91 Å². The van der Waals surface area contributed by atoms with E-state index in [1.165, 1.54) is 34.5 Å². The van der Waals surface area contributed by atoms with Gasteiger partial charge in [0.05, 0.1) is 18.6 Å². The van der Waals surface area contributed by atoms with Crippen LogP contribution in [0.3, 0.4) is 0 Å². The lowest BCUT2D eigenvalue weighted by Crippen LogP contribution is -2.50. The Hall–Kier alpha value is -3.89. The smallest absolute Gasteiger partial charge is 0.332 e. The van der Waals surface area contributed by atoms with Crippen molar-refractivity contribution in [2.75, 3.05) is 11.4 Å². The Morgan fingerprint density at radius 3 is 2.66 bits per heavy atom. The lowest BCUT2D eigenvalue weighted by Gasteiger charge is -2.33. The van der Waals surface area contributed by atoms with Crippen LogP contribution < -0.4 is 26.6 Å². The second kappa shape index (κ2) is 6.62. The van der Waals surface area contributed by atoms with Gasteiger partial charge in [-0.25, -0.2) is 9.78 Å². The molecule has 3 aromatic rings. The second-order valence-corrected chi connectivity index (χ2v) is 6.73. The van der Waals surface area contributed by atoms with Crippen LogP contribution in [0.2, 0.25) is 0 Å². The number of primary amides is 1. The number of benzene rings is 1. The van der Waals surface area contributed by atoms with Gasteiger partial charge in [-0.1, -0.05) is 12.1 Å². The summed E-state index contributed by atoms with van der Waals surface area (Å²) < 4.78 is 9.15. The number of fused-ring (bicyclic) bond motifs is 2. The summed E-state index contributed by atoms with van der Waals surface area (Å²) in [6, 6.07) is 6.80. The van der Waals surface area contributed by atoms with Crippen LogP contribution in [-0.4, -0.2) is 43.1 Å². The summed E-state index contributed by atoms with van der Waals surface area (Å²) >= 11 is 0. The minimum atomic E-state index is -0.984. The molecule has 2 N–H and O–H groups in total. The van der Waals surface area contributed by atoms with E-state index in [1.807, 2.05) is 0 Å². The van der Waals surface area contributed by atoms with Gasteiger partial charge in [-0.2, -0.15) is 0 Å². The molecule has 1 aliphatic rings. The summed E-state index contributed by atoms with van der Waals surface area (Å²) in [5.74, 6) is -0.707. The van der Waals surface area contributed by atoms with E-state index in [-0.39, 0.29) is 30.2 Å². The third-order valence-electron chi connectivity index (χ3n) is 4.91. The number of amides is 2. The molecule has 1 atom stereocenters. The van der Waals surface area contributed by atoms with Gasteiger partial charge in [0, 0.05) is 14.1 Å². The van der Waals surface area contributed by atoms with Gasteiger partial charge in [-0.3, -0.25) is 23.5 Å². The molecule has 0 radical (unpaired) electrons. The van der Waals surface area contributed by atoms with E-state index in [2.05, 4.69) is 4.98 Å². The van der Waals surface area contributed by atoms with Crippen LogP contribution in [0.4, 0.5) is 5.69 Å². The number of hydrogen-bond acceptors (Lipinski definition) is 6. The number of aromatic nitrogens is 4. The summed E-state index contributed by atoms with van der Waals surface area (Å²) in [5.41, 5.74) is 5.13. The fraction of sp³-hybridized carbons (Fsp3) is 0.278. The standard InChI is InChI=1S/C18H18N6O5/c1-21-16-14(17(27)22(2)18(21)28)23(9-20-16)8-13(25)24-7-12(15(19)26)29-11-6-4-3-5-10(11)24/h3-6,9,12H,7-8H2,1-2H3,(H2,19,26)/t12-/m0/s1. The summed E-state index contributed by atoms with van der Waals surface area (Å²) in [4.78, 5) is 54.9. The maximum absolute atomic E-state index is 13.1. The average molecular weight is 398 g/mol. The first-order valence-corrected chi connectivity index (χ1v) is 8.75. The minimum absolute atomic E-state index is 0.0473. The van der Waals surface area contributed by atoms with Crippen molar-refractivity contribution < 1.29 is 14.3 Å². The van der Waals surface area contributed by atoms with E-state index >= 15 is 0 Å². The maximum atomic E-state index is 13.1. The Bertz CT molecular complexity index is 1270. The number of anilines is 1. The predicted molar refractivity (Wildman–Crippen MR) is 103 cm³/mol. The van der Waals surface area contributed by atoms with Gasteiger partial charge in [0.25, 0.3) is 11.5 Å². The topological polar surface area (TPSA) is 134 Å². The van der Waals surface area contributed by atoms with Crippen molar-refractivity contribution in [1.29, 1.82) is 0 Å². The van der Waals surface area contributed by atoms with E-state index in [1.54, 1.807) is 24.3 Å². The quantitative estimate of drug-likeness (QED) is 0.584. The van der Waals surface area contributed by atoms with E-state index < -0.39 is 23.3 Å². The van der Waals surface area contributed by atoms with Gasteiger partial charge in [-0.15, -0.1) is 0 Å². The normalized spacial score (nSPS) is 15.8. The Balaban J connectivity index is 1.74. The molecule has 2 aromatic heterocycles. The zero-order valence-corrected chi connectivity index (χ0v) is 15.7. The summed E-state index contributed by atoms with van der Waals surface area (Å²) in [5, 5.41) is 0. The number of carbonyl (C=O) groups is 2. The molecular formula is C18H18N6O5. The fourth-order valence-corrected chi connectivity index (χ4v) is 3.37. The van der Waals surface area contributed by atoms with Crippen molar-refractivity contribution in [1.82, 2.24) is 18.7 Å². The summed E-state index contributed by atoms with van der Waals surface area (Å²) in [6.07, 6.45) is 0.350. The van der Waals surface area contributed by atoms with Crippen molar-refractivity contribution in [2.24, 2.45) is 19.8 Å². The van der Waals surface area contributed by atoms with Crippen molar-refractivity contribution in [3.05, 3.63) is 51.4 Å². The van der Waals surface area contributed by atoms with Crippen LogP contribution in [0.5, 0.6) is 5.75 Å². The number of carbonyl (C=O) groups excluding carboxylic acids is 2. The number of para-hydroxylation sites is 2. The zero-order chi connectivity index (χ0) is 20.9. The Labute approximate surface area is 163 Å². The van der Waals surface area contributed by atoms with Gasteiger partial charge >= 0.3 is 5.69 Å². The number of imidazole rings is 1. The molecule has 3 heterocycles. The van der Waals surface area contributed by atoms with Crippen LogP contribution in [0.25, 0.3) is 11.2 Å². The molecule has 11 heteroatoms. The monoisotopic (exact) mass is 398 g/mol. The summed E-state index contributed by atoms with van der Waals surface area (Å²) in [7, 11) is 2.86. The number of hydrogen-bond donors (Lipinski definition) is 1. The van der Waals surface area contributed by atoms with E-state index in [4.69, 9.17) is 10.5 Å². The molecule has 0 saturated heterocycles. The van der Waals surface area contributed by atoms with Crippen molar-refractivity contribution in [3.8, 4) is 5.75 Å². The Morgan fingerprint density at radius 2 is 1.93 bits per heavy atom. The van der Waals surface area contributed by atoms with E-state index in [9.17, 15) is 19.2 Å². The number of nitrogens with zero attached hydrogens (tertiary/aromatic N) is 5. The first kappa shape index (κ1) is 18.5. The molecule has 1 aromatic carbocycles. The minimum Gasteiger partial charge on any atom is -0.477 e.